The normalized spacial score (nSPS) is 10.3. The van der Waals surface area contributed by atoms with Crippen LogP contribution >= 0.6 is 0 Å². The first-order valence-electron chi connectivity index (χ1n) is 6.20. The predicted octanol–water partition coefficient (Wildman–Crippen LogP) is 2.77. The second-order valence-corrected chi connectivity index (χ2v) is 4.38. The maximum atomic E-state index is 4.31. The Morgan fingerprint density at radius 3 is 2.90 bits per heavy atom. The Labute approximate surface area is 142 Å². The molecule has 0 atom stereocenters. The second kappa shape index (κ2) is 6.42. The minimum Gasteiger partial charge on any atom is -0.325 e. The van der Waals surface area contributed by atoms with Crippen LogP contribution in [0.5, 0.6) is 0 Å². The third kappa shape index (κ3) is 2.89. The monoisotopic (exact) mass is 341 g/mol. The van der Waals surface area contributed by atoms with Gasteiger partial charge in [-0.2, -0.15) is 23.3 Å². The third-order valence-electron chi connectivity index (χ3n) is 3.05. The SMILES string of the molecule is CCc1cc(Nc2ncnc3c[c-]cc(C)c23)n[nH]1.[Y]. The van der Waals surface area contributed by atoms with Gasteiger partial charge in [-0.25, -0.2) is 4.98 Å². The summed E-state index contributed by atoms with van der Waals surface area (Å²) in [5, 5.41) is 11.4. The number of aromatic amines is 1. The molecular weight excluding hydrogens is 327 g/mol. The molecule has 2 heterocycles. The van der Waals surface area contributed by atoms with Gasteiger partial charge in [0.2, 0.25) is 0 Å². The number of hydrogen-bond acceptors (Lipinski definition) is 4. The quantitative estimate of drug-likeness (QED) is 0.719. The van der Waals surface area contributed by atoms with Gasteiger partial charge in [0.15, 0.2) is 5.82 Å². The van der Waals surface area contributed by atoms with Gasteiger partial charge in [-0.05, 0) is 11.9 Å². The molecule has 2 N–H and O–H groups in total. The summed E-state index contributed by atoms with van der Waals surface area (Å²) in [6, 6.07) is 8.84. The van der Waals surface area contributed by atoms with E-state index >= 15 is 0 Å². The van der Waals surface area contributed by atoms with E-state index in [4.69, 9.17) is 0 Å². The molecule has 0 unspecified atom stereocenters. The number of nitrogens with one attached hydrogen (secondary N) is 2. The van der Waals surface area contributed by atoms with Crippen molar-refractivity contribution in [2.45, 2.75) is 20.3 Å². The van der Waals surface area contributed by atoms with Crippen molar-refractivity contribution in [3.63, 3.8) is 0 Å². The summed E-state index contributed by atoms with van der Waals surface area (Å²) in [5.41, 5.74) is 3.06. The largest absolute Gasteiger partial charge is 0.325 e. The van der Waals surface area contributed by atoms with E-state index in [1.54, 1.807) is 6.33 Å². The smallest absolute Gasteiger partial charge is 0.153 e. The second-order valence-electron chi connectivity index (χ2n) is 4.38. The van der Waals surface area contributed by atoms with Crippen LogP contribution in [0.2, 0.25) is 0 Å². The van der Waals surface area contributed by atoms with Crippen LogP contribution in [0.4, 0.5) is 11.6 Å². The van der Waals surface area contributed by atoms with Crippen LogP contribution in [0, 0.1) is 13.0 Å². The van der Waals surface area contributed by atoms with Crippen LogP contribution in [0.3, 0.4) is 0 Å². The zero-order chi connectivity index (χ0) is 13.2. The van der Waals surface area contributed by atoms with Crippen LogP contribution in [-0.4, -0.2) is 20.2 Å². The summed E-state index contributed by atoms with van der Waals surface area (Å²) in [5.74, 6) is 1.54. The number of benzene rings is 1. The van der Waals surface area contributed by atoms with Gasteiger partial charge >= 0.3 is 0 Å². The van der Waals surface area contributed by atoms with Crippen LogP contribution in [0.25, 0.3) is 10.9 Å². The van der Waals surface area contributed by atoms with Crippen LogP contribution in [0.1, 0.15) is 18.2 Å². The summed E-state index contributed by atoms with van der Waals surface area (Å²) in [6.45, 7) is 4.10. The van der Waals surface area contributed by atoms with Gasteiger partial charge in [0.25, 0.3) is 0 Å². The van der Waals surface area contributed by atoms with E-state index in [0.717, 1.165) is 40.2 Å². The van der Waals surface area contributed by atoms with Gasteiger partial charge in [0.05, 0.1) is 0 Å². The predicted molar refractivity (Wildman–Crippen MR) is 74.4 cm³/mol. The van der Waals surface area contributed by atoms with Crippen LogP contribution in [0.15, 0.2) is 24.5 Å². The number of hydrogen-bond donors (Lipinski definition) is 2. The Morgan fingerprint density at radius 1 is 1.30 bits per heavy atom. The fourth-order valence-electron chi connectivity index (χ4n) is 2.04. The van der Waals surface area contributed by atoms with E-state index in [9.17, 15) is 0 Å². The number of rotatable bonds is 3. The fourth-order valence-corrected chi connectivity index (χ4v) is 2.04. The Kier molecular flexibility index (Phi) is 4.83. The third-order valence-corrected chi connectivity index (χ3v) is 3.05. The van der Waals surface area contributed by atoms with Gasteiger partial charge in [-0.3, -0.25) is 5.10 Å². The summed E-state index contributed by atoms with van der Waals surface area (Å²) in [6.07, 6.45) is 2.47. The molecule has 3 aromatic rings. The Balaban J connectivity index is 0.00000147. The molecule has 99 valence electrons. The molecule has 0 spiro atoms. The average Bonchev–Trinajstić information content (AvgIpc) is 2.87. The Bertz CT molecular complexity index is 717. The minimum atomic E-state index is 0. The molecule has 20 heavy (non-hydrogen) atoms. The summed E-state index contributed by atoms with van der Waals surface area (Å²) < 4.78 is 0. The topological polar surface area (TPSA) is 66.5 Å². The van der Waals surface area contributed by atoms with Gasteiger partial charge in [0, 0.05) is 44.5 Å². The molecule has 0 bridgehead atoms. The van der Waals surface area contributed by atoms with E-state index in [1.165, 1.54) is 0 Å². The molecule has 3 rings (SSSR count). The van der Waals surface area contributed by atoms with Crippen molar-refractivity contribution in [3.8, 4) is 0 Å². The van der Waals surface area contributed by atoms with Crippen LogP contribution < -0.4 is 5.32 Å². The van der Waals surface area contributed by atoms with Crippen molar-refractivity contribution < 1.29 is 32.7 Å². The number of aryl methyl sites for hydroxylation is 2. The first-order valence-corrected chi connectivity index (χ1v) is 6.20. The van der Waals surface area contributed by atoms with E-state index < -0.39 is 0 Å². The van der Waals surface area contributed by atoms with Gasteiger partial charge in [-0.1, -0.05) is 19.2 Å². The molecular formula is C14H14N5Y-. The van der Waals surface area contributed by atoms with Crippen LogP contribution in [-0.2, 0) is 39.1 Å². The minimum absolute atomic E-state index is 0. The molecule has 0 aliphatic carbocycles. The number of fused-ring (bicyclic) bond motifs is 1. The maximum absolute atomic E-state index is 4.31. The van der Waals surface area contributed by atoms with Crippen molar-refractivity contribution in [2.24, 2.45) is 0 Å². The molecule has 0 saturated carbocycles. The number of anilines is 2. The van der Waals surface area contributed by atoms with E-state index in [-0.39, 0.29) is 32.7 Å². The standard InChI is InChI=1S/C14H14N5.Y/c1-3-10-7-12(19-18-10)17-14-13-9(2)5-4-6-11(13)15-8-16-14;/h5-8H,3H2,1-2H3,(H2,15,16,17,18,19);/q-1;. The fraction of sp³-hybridized carbons (Fsp3) is 0.214. The van der Waals surface area contributed by atoms with Gasteiger partial charge in [-0.15, -0.1) is 5.56 Å². The van der Waals surface area contributed by atoms with Gasteiger partial charge in [0.1, 0.15) is 12.1 Å². The molecule has 0 saturated heterocycles. The van der Waals surface area contributed by atoms with Crippen molar-refractivity contribution in [1.82, 2.24) is 20.2 Å². The van der Waals surface area contributed by atoms with E-state index in [2.05, 4.69) is 38.5 Å². The number of aromatic nitrogens is 4. The van der Waals surface area contributed by atoms with Crippen molar-refractivity contribution >= 4 is 22.5 Å². The first-order chi connectivity index (χ1) is 9.28. The van der Waals surface area contributed by atoms with Crippen molar-refractivity contribution in [1.29, 1.82) is 0 Å². The first kappa shape index (κ1) is 15.1. The van der Waals surface area contributed by atoms with Crippen molar-refractivity contribution in [3.05, 3.63) is 41.9 Å². The summed E-state index contributed by atoms with van der Waals surface area (Å²) in [4.78, 5) is 8.56. The molecule has 1 aromatic carbocycles. The maximum Gasteiger partial charge on any atom is 0.153 e. The molecule has 2 aromatic heterocycles. The molecule has 0 aliphatic heterocycles. The average molecular weight is 341 g/mol. The zero-order valence-electron chi connectivity index (χ0n) is 11.4. The molecule has 5 nitrogen and oxygen atoms in total. The number of nitrogens with zero attached hydrogens (tertiary/aromatic N) is 3. The van der Waals surface area contributed by atoms with E-state index in [1.807, 2.05) is 25.1 Å². The Morgan fingerprint density at radius 2 is 2.15 bits per heavy atom. The number of H-pyrrole nitrogens is 1. The summed E-state index contributed by atoms with van der Waals surface area (Å²) >= 11 is 0. The molecule has 6 heteroatoms. The molecule has 0 aliphatic rings. The summed E-state index contributed by atoms with van der Waals surface area (Å²) in [7, 11) is 0. The van der Waals surface area contributed by atoms with E-state index in [0.29, 0.717) is 0 Å². The molecule has 1 radical (unpaired) electrons. The molecule has 0 amide bonds. The Hall–Kier alpha value is -1.33. The zero-order valence-corrected chi connectivity index (χ0v) is 14.3. The molecule has 0 fully saturated rings. The van der Waals surface area contributed by atoms with Crippen molar-refractivity contribution in [2.75, 3.05) is 5.32 Å². The van der Waals surface area contributed by atoms with Gasteiger partial charge < -0.3 is 10.3 Å².